The van der Waals surface area contributed by atoms with Crippen LogP contribution in [-0.4, -0.2) is 28.4 Å². The number of carbonyl (C=O) groups excluding carboxylic acids is 3. The minimum Gasteiger partial charge on any atom is -0.444 e. The van der Waals surface area contributed by atoms with Crippen LogP contribution in [0.3, 0.4) is 0 Å². The quantitative estimate of drug-likeness (QED) is 0.371. The molecule has 0 aliphatic heterocycles. The zero-order valence-corrected chi connectivity index (χ0v) is 18.7. The van der Waals surface area contributed by atoms with Crippen molar-refractivity contribution in [3.05, 3.63) is 69.3 Å². The van der Waals surface area contributed by atoms with Crippen molar-refractivity contribution in [3.8, 4) is 11.1 Å². The summed E-state index contributed by atoms with van der Waals surface area (Å²) < 4.78 is 5.31. The smallest absolute Gasteiger partial charge is 0.412 e. The lowest BCUT2D eigenvalue weighted by Gasteiger charge is -2.21. The molecule has 3 rings (SSSR count). The Hall–Kier alpha value is -3.72. The van der Waals surface area contributed by atoms with Crippen molar-refractivity contribution in [2.45, 2.75) is 32.8 Å². The molecule has 0 aliphatic carbocycles. The molecular formula is C23H23N3O5S. The second-order valence-electron chi connectivity index (χ2n) is 7.95. The van der Waals surface area contributed by atoms with Crippen LogP contribution in [0.4, 0.5) is 16.2 Å². The summed E-state index contributed by atoms with van der Waals surface area (Å²) in [7, 11) is 0. The van der Waals surface area contributed by atoms with Gasteiger partial charge in [-0.2, -0.15) is 0 Å². The van der Waals surface area contributed by atoms with Gasteiger partial charge in [0.15, 0.2) is 5.78 Å². The van der Waals surface area contributed by atoms with Gasteiger partial charge in [0.1, 0.15) is 5.60 Å². The number of anilines is 2. The predicted octanol–water partition coefficient (Wildman–Crippen LogP) is 4.66. The maximum atomic E-state index is 12.5. The number of benzene rings is 1. The van der Waals surface area contributed by atoms with Gasteiger partial charge in [0.2, 0.25) is 11.5 Å². The highest BCUT2D eigenvalue weighted by Gasteiger charge is 2.19. The van der Waals surface area contributed by atoms with Gasteiger partial charge in [0.05, 0.1) is 22.7 Å². The predicted molar refractivity (Wildman–Crippen MR) is 124 cm³/mol. The minimum absolute atomic E-state index is 0.236. The maximum absolute atomic E-state index is 12.5. The third-order valence-corrected chi connectivity index (χ3v) is 5.07. The second-order valence-corrected chi connectivity index (χ2v) is 8.90. The Morgan fingerprint density at radius 1 is 1.00 bits per heavy atom. The Kier molecular flexibility index (Phi) is 6.89. The van der Waals surface area contributed by atoms with E-state index in [4.69, 9.17) is 4.74 Å². The minimum atomic E-state index is -0.711. The van der Waals surface area contributed by atoms with E-state index in [2.05, 4.69) is 15.6 Å². The maximum Gasteiger partial charge on any atom is 0.412 e. The first kappa shape index (κ1) is 23.0. The molecule has 0 unspecified atom stereocenters. The van der Waals surface area contributed by atoms with Crippen molar-refractivity contribution < 1.29 is 19.1 Å². The van der Waals surface area contributed by atoms with E-state index in [1.54, 1.807) is 68.7 Å². The van der Waals surface area contributed by atoms with Crippen LogP contribution in [-0.2, 0) is 9.53 Å². The van der Waals surface area contributed by atoms with Gasteiger partial charge in [-0.15, -0.1) is 11.3 Å². The number of nitrogens with one attached hydrogen (secondary N) is 3. The Morgan fingerprint density at radius 2 is 1.75 bits per heavy atom. The molecule has 0 saturated carbocycles. The number of H-pyrrole nitrogens is 1. The fourth-order valence-electron chi connectivity index (χ4n) is 2.80. The highest BCUT2D eigenvalue weighted by atomic mass is 32.1. The van der Waals surface area contributed by atoms with Gasteiger partial charge >= 0.3 is 6.09 Å². The van der Waals surface area contributed by atoms with Gasteiger partial charge in [0, 0.05) is 12.3 Å². The van der Waals surface area contributed by atoms with E-state index in [1.165, 1.54) is 17.4 Å². The largest absolute Gasteiger partial charge is 0.444 e. The number of pyridine rings is 1. The third kappa shape index (κ3) is 6.39. The van der Waals surface area contributed by atoms with Crippen molar-refractivity contribution in [2.75, 3.05) is 10.6 Å². The molecule has 3 N–H and O–H groups in total. The first-order chi connectivity index (χ1) is 15.1. The molecule has 0 atom stereocenters. The van der Waals surface area contributed by atoms with E-state index >= 15 is 0 Å². The molecule has 0 aliphatic rings. The molecule has 166 valence electrons. The summed E-state index contributed by atoms with van der Waals surface area (Å²) in [4.78, 5) is 51.5. The highest BCUT2D eigenvalue weighted by Crippen LogP contribution is 2.29. The summed E-state index contributed by atoms with van der Waals surface area (Å²) >= 11 is 1.27. The van der Waals surface area contributed by atoms with E-state index < -0.39 is 17.6 Å². The summed E-state index contributed by atoms with van der Waals surface area (Å²) in [6.45, 7) is 5.21. The zero-order chi connectivity index (χ0) is 23.3. The summed E-state index contributed by atoms with van der Waals surface area (Å²) in [6.07, 6.45) is 0.530. The van der Waals surface area contributed by atoms with E-state index in [-0.39, 0.29) is 17.8 Å². The molecule has 2 heterocycles. The molecule has 3 aromatic rings. The molecule has 8 nitrogen and oxygen atoms in total. The van der Waals surface area contributed by atoms with Crippen molar-refractivity contribution in [2.24, 2.45) is 0 Å². The van der Waals surface area contributed by atoms with Crippen molar-refractivity contribution in [1.82, 2.24) is 4.98 Å². The van der Waals surface area contributed by atoms with Gasteiger partial charge in [-0.3, -0.25) is 19.7 Å². The molecule has 2 aromatic heterocycles. The average molecular weight is 454 g/mol. The summed E-state index contributed by atoms with van der Waals surface area (Å²) in [6, 6.07) is 11.4. The SMILES string of the molecule is CC(C)(C)OC(=O)Nc1cc(-c2ccc(=O)[nH]c2)ccc1NC(=O)CC(=O)c1cccs1. The van der Waals surface area contributed by atoms with Gasteiger partial charge in [-0.1, -0.05) is 12.1 Å². The monoisotopic (exact) mass is 453 g/mol. The third-order valence-electron chi connectivity index (χ3n) is 4.16. The van der Waals surface area contributed by atoms with Crippen molar-refractivity contribution in [1.29, 1.82) is 0 Å². The number of ether oxygens (including phenoxy) is 1. The number of carbonyl (C=O) groups is 3. The fourth-order valence-corrected chi connectivity index (χ4v) is 3.47. The van der Waals surface area contributed by atoms with Crippen LogP contribution in [0.1, 0.15) is 36.9 Å². The Morgan fingerprint density at radius 3 is 2.38 bits per heavy atom. The average Bonchev–Trinajstić information content (AvgIpc) is 3.23. The Balaban J connectivity index is 1.85. The van der Waals surface area contributed by atoms with E-state index in [0.29, 0.717) is 27.4 Å². The normalized spacial score (nSPS) is 11.0. The van der Waals surface area contributed by atoms with Crippen molar-refractivity contribution >= 4 is 40.5 Å². The number of aromatic amines is 1. The molecule has 0 radical (unpaired) electrons. The number of thiophene rings is 1. The lowest BCUT2D eigenvalue weighted by molar-refractivity contribution is -0.115. The zero-order valence-electron chi connectivity index (χ0n) is 17.9. The molecule has 9 heteroatoms. The number of aromatic nitrogens is 1. The Labute approximate surface area is 188 Å². The van der Waals surface area contributed by atoms with Crippen LogP contribution in [0.15, 0.2) is 58.8 Å². The molecule has 0 spiro atoms. The lowest BCUT2D eigenvalue weighted by atomic mass is 10.1. The van der Waals surface area contributed by atoms with Crippen LogP contribution in [0.25, 0.3) is 11.1 Å². The summed E-state index contributed by atoms with van der Waals surface area (Å²) in [5.74, 6) is -0.795. The van der Waals surface area contributed by atoms with Gasteiger partial charge in [-0.05, 0) is 61.5 Å². The highest BCUT2D eigenvalue weighted by molar-refractivity contribution is 7.12. The number of rotatable bonds is 6. The van der Waals surface area contributed by atoms with Crippen LogP contribution in [0, 0.1) is 0 Å². The number of amides is 2. The Bertz CT molecular complexity index is 1170. The summed E-state index contributed by atoms with van der Waals surface area (Å²) in [5, 5.41) is 7.09. The van der Waals surface area contributed by atoms with Gasteiger partial charge < -0.3 is 15.0 Å². The van der Waals surface area contributed by atoms with Crippen molar-refractivity contribution in [3.63, 3.8) is 0 Å². The van der Waals surface area contributed by atoms with Crippen LogP contribution < -0.4 is 16.2 Å². The van der Waals surface area contributed by atoms with Crippen LogP contribution in [0.5, 0.6) is 0 Å². The summed E-state index contributed by atoms with van der Waals surface area (Å²) in [5.41, 5.74) is 1.06. The molecule has 32 heavy (non-hydrogen) atoms. The number of Topliss-reactive ketones (excluding diaryl/α,β-unsaturated/α-hetero) is 1. The van der Waals surface area contributed by atoms with Crippen LogP contribution in [0.2, 0.25) is 0 Å². The van der Waals surface area contributed by atoms with E-state index in [9.17, 15) is 19.2 Å². The first-order valence-electron chi connectivity index (χ1n) is 9.80. The van der Waals surface area contributed by atoms with Gasteiger partial charge in [0.25, 0.3) is 0 Å². The standard InChI is InChI=1S/C23H23N3O5S/c1-23(2,3)31-22(30)26-17-11-14(15-7-9-20(28)24-13-15)6-8-16(17)25-21(29)12-18(27)19-5-4-10-32-19/h4-11,13H,12H2,1-3H3,(H,24,28)(H,25,29)(H,26,30). The van der Waals surface area contributed by atoms with E-state index in [1.807, 2.05) is 0 Å². The molecule has 0 bridgehead atoms. The number of hydrogen-bond donors (Lipinski definition) is 3. The molecular weight excluding hydrogens is 430 g/mol. The number of hydrogen-bond acceptors (Lipinski definition) is 6. The molecule has 0 saturated heterocycles. The van der Waals surface area contributed by atoms with Gasteiger partial charge in [-0.25, -0.2) is 4.79 Å². The van der Waals surface area contributed by atoms with E-state index in [0.717, 1.165) is 0 Å². The topological polar surface area (TPSA) is 117 Å². The molecule has 0 fully saturated rings. The molecule has 2 amide bonds. The lowest BCUT2D eigenvalue weighted by Crippen LogP contribution is -2.27. The second kappa shape index (κ2) is 9.61. The molecule has 1 aromatic carbocycles. The van der Waals surface area contributed by atoms with Crippen LogP contribution >= 0.6 is 11.3 Å². The number of ketones is 1. The fraction of sp³-hybridized carbons (Fsp3) is 0.217. The first-order valence-corrected chi connectivity index (χ1v) is 10.7.